The molecule has 2 aromatic heterocycles. The van der Waals surface area contributed by atoms with Crippen LogP contribution < -0.4 is 10.5 Å². The number of carbonyl (C=O) groups is 1. The molecule has 2 aliphatic rings. The molecule has 1 saturated heterocycles. The minimum Gasteiger partial charge on any atom is -0.474 e. The van der Waals surface area contributed by atoms with Crippen molar-refractivity contribution in [2.24, 2.45) is 5.41 Å². The van der Waals surface area contributed by atoms with Crippen LogP contribution in [0, 0.1) is 5.41 Å². The molecule has 0 unspecified atom stereocenters. The predicted octanol–water partition coefficient (Wildman–Crippen LogP) is 2.46. The van der Waals surface area contributed by atoms with Gasteiger partial charge in [-0.15, -0.1) is 0 Å². The van der Waals surface area contributed by atoms with E-state index in [4.69, 9.17) is 10.5 Å². The molecule has 35 heavy (non-hydrogen) atoms. The molecule has 0 radical (unpaired) electrons. The first-order valence-electron chi connectivity index (χ1n) is 11.8. The first-order valence-corrected chi connectivity index (χ1v) is 11.8. The van der Waals surface area contributed by atoms with Crippen molar-refractivity contribution in [2.45, 2.75) is 25.5 Å². The zero-order valence-electron chi connectivity index (χ0n) is 20.2. The van der Waals surface area contributed by atoms with Crippen LogP contribution in [0.25, 0.3) is 11.1 Å². The summed E-state index contributed by atoms with van der Waals surface area (Å²) in [6.45, 7) is 2.98. The fraction of sp³-hybridized carbons (Fsp3) is 0.385. The van der Waals surface area contributed by atoms with Gasteiger partial charge in [0.05, 0.1) is 18.3 Å². The molecule has 0 atom stereocenters. The SMILES string of the molecule is CN(C)C/C=C/C(=O)N1CC2(CC(Oc3ncnc(N)c3-c3cnn(Cc4ccccc4)c3)C2)C1. The third-order valence-corrected chi connectivity index (χ3v) is 6.65. The summed E-state index contributed by atoms with van der Waals surface area (Å²) in [6, 6.07) is 10.2. The Morgan fingerprint density at radius 3 is 2.74 bits per heavy atom. The van der Waals surface area contributed by atoms with E-state index in [9.17, 15) is 4.79 Å². The van der Waals surface area contributed by atoms with E-state index >= 15 is 0 Å². The number of hydrogen-bond acceptors (Lipinski definition) is 7. The number of rotatable bonds is 8. The molecule has 182 valence electrons. The van der Waals surface area contributed by atoms with Crippen molar-refractivity contribution >= 4 is 11.7 Å². The highest BCUT2D eigenvalue weighted by atomic mass is 16.5. The van der Waals surface area contributed by atoms with Gasteiger partial charge < -0.3 is 20.3 Å². The molecular formula is C26H31N7O2. The first kappa shape index (κ1) is 23.0. The van der Waals surface area contributed by atoms with Gasteiger partial charge in [-0.25, -0.2) is 9.97 Å². The number of benzene rings is 1. The maximum absolute atomic E-state index is 12.3. The fourth-order valence-corrected chi connectivity index (χ4v) is 4.89. The van der Waals surface area contributed by atoms with Crippen LogP contribution in [0.4, 0.5) is 5.82 Å². The molecule has 5 rings (SSSR count). The van der Waals surface area contributed by atoms with Crippen LogP contribution in [0.2, 0.25) is 0 Å². The highest BCUT2D eigenvalue weighted by molar-refractivity contribution is 5.88. The number of nitrogens with two attached hydrogens (primary N) is 1. The summed E-state index contributed by atoms with van der Waals surface area (Å²) in [7, 11) is 3.96. The zero-order chi connectivity index (χ0) is 24.4. The normalized spacial score (nSPS) is 17.1. The number of amides is 1. The Morgan fingerprint density at radius 1 is 1.23 bits per heavy atom. The molecule has 9 nitrogen and oxygen atoms in total. The van der Waals surface area contributed by atoms with Gasteiger partial charge in [-0.1, -0.05) is 36.4 Å². The van der Waals surface area contributed by atoms with Gasteiger partial charge in [0.25, 0.3) is 0 Å². The summed E-state index contributed by atoms with van der Waals surface area (Å²) in [5.74, 6) is 0.934. The molecule has 1 spiro atoms. The molecule has 1 saturated carbocycles. The summed E-state index contributed by atoms with van der Waals surface area (Å²) in [6.07, 6.45) is 10.6. The van der Waals surface area contributed by atoms with Gasteiger partial charge in [0.1, 0.15) is 18.2 Å². The monoisotopic (exact) mass is 473 g/mol. The number of ether oxygens (including phenoxy) is 1. The lowest BCUT2D eigenvalue weighted by Gasteiger charge is -2.58. The van der Waals surface area contributed by atoms with Crippen molar-refractivity contribution < 1.29 is 9.53 Å². The first-order chi connectivity index (χ1) is 16.9. The Morgan fingerprint density at radius 2 is 2.00 bits per heavy atom. The van der Waals surface area contributed by atoms with Crippen molar-refractivity contribution in [1.29, 1.82) is 0 Å². The Labute approximate surface area is 205 Å². The number of nitrogens with zero attached hydrogens (tertiary/aromatic N) is 6. The number of likely N-dealkylation sites (tertiary alicyclic amines) is 1. The molecule has 1 aliphatic carbocycles. The number of likely N-dealkylation sites (N-methyl/N-ethyl adjacent to an activating group) is 1. The van der Waals surface area contributed by atoms with Gasteiger partial charge in [-0.05, 0) is 32.5 Å². The molecule has 1 aromatic carbocycles. The lowest BCUT2D eigenvalue weighted by molar-refractivity contribution is -0.155. The average Bonchev–Trinajstić information content (AvgIpc) is 3.22. The Kier molecular flexibility index (Phi) is 6.25. The van der Waals surface area contributed by atoms with Gasteiger partial charge in [-0.2, -0.15) is 5.10 Å². The third kappa shape index (κ3) is 5.05. The summed E-state index contributed by atoms with van der Waals surface area (Å²) >= 11 is 0. The molecule has 0 bridgehead atoms. The van der Waals surface area contributed by atoms with Crippen LogP contribution in [0.5, 0.6) is 5.88 Å². The standard InChI is InChI=1S/C26H31N7O2/c1-31(2)10-6-9-22(34)32-16-26(17-32)11-21(12-26)35-25-23(24(27)28-18-29-25)20-13-30-33(15-20)14-19-7-4-3-5-8-19/h3-9,13,15,18,21H,10-12,14,16-17H2,1-2H3,(H2,27,28,29)/b9-6+. The minimum absolute atomic E-state index is 0.0453. The van der Waals surface area contributed by atoms with Gasteiger partial charge >= 0.3 is 0 Å². The quantitative estimate of drug-likeness (QED) is 0.502. The maximum Gasteiger partial charge on any atom is 0.246 e. The van der Waals surface area contributed by atoms with Crippen molar-refractivity contribution in [1.82, 2.24) is 29.5 Å². The van der Waals surface area contributed by atoms with Crippen LogP contribution >= 0.6 is 0 Å². The summed E-state index contributed by atoms with van der Waals surface area (Å²) in [5.41, 5.74) is 9.05. The van der Waals surface area contributed by atoms with E-state index in [0.717, 1.165) is 43.6 Å². The average molecular weight is 474 g/mol. The van der Waals surface area contributed by atoms with Crippen LogP contribution in [0.1, 0.15) is 18.4 Å². The molecule has 3 heterocycles. The molecule has 3 aromatic rings. The Bertz CT molecular complexity index is 1210. The summed E-state index contributed by atoms with van der Waals surface area (Å²) in [4.78, 5) is 24.8. The second kappa shape index (κ2) is 9.50. The number of aromatic nitrogens is 4. The number of carbonyl (C=O) groups excluding carboxylic acids is 1. The van der Waals surface area contributed by atoms with Crippen LogP contribution in [0.3, 0.4) is 0 Å². The zero-order valence-corrected chi connectivity index (χ0v) is 20.2. The van der Waals surface area contributed by atoms with Crippen LogP contribution in [0.15, 0.2) is 61.2 Å². The van der Waals surface area contributed by atoms with E-state index in [1.165, 1.54) is 6.33 Å². The number of hydrogen-bond donors (Lipinski definition) is 1. The highest BCUT2D eigenvalue weighted by Gasteiger charge is 2.54. The Hall–Kier alpha value is -3.72. The van der Waals surface area contributed by atoms with E-state index in [2.05, 4.69) is 27.2 Å². The lowest BCUT2D eigenvalue weighted by atomic mass is 9.61. The van der Waals surface area contributed by atoms with E-state index in [1.54, 1.807) is 12.3 Å². The van der Waals surface area contributed by atoms with Gasteiger partial charge in [0, 0.05) is 42.9 Å². The summed E-state index contributed by atoms with van der Waals surface area (Å²) < 4.78 is 8.14. The Balaban J connectivity index is 1.19. The fourth-order valence-electron chi connectivity index (χ4n) is 4.89. The van der Waals surface area contributed by atoms with E-state index in [0.29, 0.717) is 23.8 Å². The molecule has 9 heteroatoms. The van der Waals surface area contributed by atoms with Crippen molar-refractivity contribution in [3.05, 3.63) is 66.8 Å². The summed E-state index contributed by atoms with van der Waals surface area (Å²) in [5, 5.41) is 4.49. The van der Waals surface area contributed by atoms with Crippen molar-refractivity contribution in [3.63, 3.8) is 0 Å². The molecule has 2 N–H and O–H groups in total. The van der Waals surface area contributed by atoms with Gasteiger partial charge in [-0.3, -0.25) is 9.48 Å². The van der Waals surface area contributed by atoms with Gasteiger partial charge in [0.15, 0.2) is 0 Å². The van der Waals surface area contributed by atoms with Crippen LogP contribution in [-0.2, 0) is 11.3 Å². The molecular weight excluding hydrogens is 442 g/mol. The molecule has 2 fully saturated rings. The second-order valence-corrected chi connectivity index (χ2v) is 9.86. The largest absolute Gasteiger partial charge is 0.474 e. The lowest BCUT2D eigenvalue weighted by Crippen LogP contribution is -2.65. The van der Waals surface area contributed by atoms with E-state index < -0.39 is 0 Å². The van der Waals surface area contributed by atoms with Crippen molar-refractivity contribution in [2.75, 3.05) is 39.5 Å². The topological polar surface area (TPSA) is 102 Å². The van der Waals surface area contributed by atoms with Gasteiger partial charge in [0.2, 0.25) is 11.8 Å². The predicted molar refractivity (Wildman–Crippen MR) is 134 cm³/mol. The van der Waals surface area contributed by atoms with Crippen LogP contribution in [-0.4, -0.2) is 75.3 Å². The smallest absolute Gasteiger partial charge is 0.246 e. The third-order valence-electron chi connectivity index (χ3n) is 6.65. The molecule has 1 aliphatic heterocycles. The highest BCUT2D eigenvalue weighted by Crippen LogP contribution is 2.50. The van der Waals surface area contributed by atoms with Crippen molar-refractivity contribution in [3.8, 4) is 17.0 Å². The molecule has 1 amide bonds. The number of nitrogen functional groups attached to an aromatic ring is 1. The van der Waals surface area contributed by atoms with E-state index in [-0.39, 0.29) is 17.4 Å². The second-order valence-electron chi connectivity index (χ2n) is 9.86. The minimum atomic E-state index is 0.0453. The number of anilines is 1. The van der Waals surface area contributed by atoms with E-state index in [1.807, 2.05) is 59.0 Å². The maximum atomic E-state index is 12.3.